The summed E-state index contributed by atoms with van der Waals surface area (Å²) in [6, 6.07) is 9.53. The van der Waals surface area contributed by atoms with E-state index in [0.29, 0.717) is 11.5 Å². The molecule has 0 aliphatic carbocycles. The molecule has 0 aromatic heterocycles. The molecule has 1 aliphatic heterocycles. The second-order valence-corrected chi connectivity index (χ2v) is 9.20. The van der Waals surface area contributed by atoms with Gasteiger partial charge in [-0.2, -0.15) is 0 Å². The van der Waals surface area contributed by atoms with Gasteiger partial charge in [-0.05, 0) is 24.6 Å². The molecule has 33 heavy (non-hydrogen) atoms. The topological polar surface area (TPSA) is 137 Å². The summed E-state index contributed by atoms with van der Waals surface area (Å²) in [6.45, 7) is 1.93. The van der Waals surface area contributed by atoms with Gasteiger partial charge in [-0.3, -0.25) is 19.2 Å². The average molecular weight is 480 g/mol. The van der Waals surface area contributed by atoms with Crippen molar-refractivity contribution in [3.8, 4) is 17.2 Å². The number of carbonyl (C=O) groups is 1. The number of anilines is 1. The summed E-state index contributed by atoms with van der Waals surface area (Å²) < 4.78 is 42.9. The molecule has 0 bridgehead atoms. The minimum Gasteiger partial charge on any atom is -0.495 e. The number of nitro benzene ring substituents is 1. The largest absolute Gasteiger partial charge is 0.495 e. The van der Waals surface area contributed by atoms with Crippen LogP contribution >= 0.6 is 0 Å². The summed E-state index contributed by atoms with van der Waals surface area (Å²) in [4.78, 5) is 23.7. The van der Waals surface area contributed by atoms with Crippen LogP contribution < -0.4 is 23.8 Å². The Labute approximate surface area is 191 Å². The fourth-order valence-electron chi connectivity index (χ4n) is 3.50. The van der Waals surface area contributed by atoms with Gasteiger partial charge in [0.1, 0.15) is 30.2 Å². The summed E-state index contributed by atoms with van der Waals surface area (Å²) in [6.07, 6.45) is 0.562. The highest BCUT2D eigenvalue weighted by atomic mass is 32.2. The molecular formula is C21H25N3O8S. The zero-order valence-electron chi connectivity index (χ0n) is 18.4. The van der Waals surface area contributed by atoms with Crippen molar-refractivity contribution in [3.05, 3.63) is 52.6 Å². The van der Waals surface area contributed by atoms with Gasteiger partial charge in [-0.25, -0.2) is 8.42 Å². The zero-order valence-corrected chi connectivity index (χ0v) is 19.2. The molecule has 0 saturated carbocycles. The molecule has 0 fully saturated rings. The number of nitrogens with zero attached hydrogens (tertiary/aromatic N) is 2. The van der Waals surface area contributed by atoms with Crippen LogP contribution in [0.4, 0.5) is 11.4 Å². The fourth-order valence-corrected chi connectivity index (χ4v) is 4.70. The SMILES string of the molecule is CCC(C(=O)NCC1COc2ccccc2O1)N(c1cc([N+](=O)[O-])ccc1OC)S(C)(=O)=O. The van der Waals surface area contributed by atoms with Gasteiger partial charge in [0.2, 0.25) is 15.9 Å². The Morgan fingerprint density at radius 1 is 1.30 bits per heavy atom. The number of para-hydroxylation sites is 2. The van der Waals surface area contributed by atoms with E-state index in [1.54, 1.807) is 25.1 Å². The minimum absolute atomic E-state index is 0.0767. The van der Waals surface area contributed by atoms with Crippen LogP contribution in [0.2, 0.25) is 0 Å². The number of nitro groups is 1. The quantitative estimate of drug-likeness (QED) is 0.426. The molecule has 0 spiro atoms. The van der Waals surface area contributed by atoms with Gasteiger partial charge in [-0.15, -0.1) is 0 Å². The number of sulfonamides is 1. The third-order valence-electron chi connectivity index (χ3n) is 5.01. The van der Waals surface area contributed by atoms with E-state index < -0.39 is 33.0 Å². The molecule has 0 radical (unpaired) electrons. The normalized spacial score (nSPS) is 15.9. The number of carbonyl (C=O) groups excluding carboxylic acids is 1. The van der Waals surface area contributed by atoms with Crippen molar-refractivity contribution in [2.24, 2.45) is 0 Å². The first-order valence-electron chi connectivity index (χ1n) is 10.1. The molecule has 2 aromatic rings. The third-order valence-corrected chi connectivity index (χ3v) is 6.18. The first kappa shape index (κ1) is 24.1. The summed E-state index contributed by atoms with van der Waals surface area (Å²) in [7, 11) is -2.71. The Bertz CT molecular complexity index is 1140. The van der Waals surface area contributed by atoms with E-state index in [2.05, 4.69) is 5.32 Å². The zero-order chi connectivity index (χ0) is 24.2. The highest BCUT2D eigenvalue weighted by Crippen LogP contribution is 2.36. The van der Waals surface area contributed by atoms with Crippen LogP contribution in [0.3, 0.4) is 0 Å². The number of methoxy groups -OCH3 is 1. The maximum atomic E-state index is 13.1. The molecule has 3 rings (SSSR count). The van der Waals surface area contributed by atoms with E-state index in [1.165, 1.54) is 19.2 Å². The molecule has 0 saturated heterocycles. The van der Waals surface area contributed by atoms with Gasteiger partial charge in [0.15, 0.2) is 11.5 Å². The molecule has 11 nitrogen and oxygen atoms in total. The lowest BCUT2D eigenvalue weighted by atomic mass is 10.1. The van der Waals surface area contributed by atoms with Crippen LogP contribution in [0, 0.1) is 10.1 Å². The standard InChI is InChI=1S/C21H25N3O8S/c1-4-16(21(25)22-12-15-13-31-19-7-5-6-8-20(19)32-15)23(33(3,28)29)17-11-14(24(26)27)9-10-18(17)30-2/h5-11,15-16H,4,12-13H2,1-3H3,(H,22,25). The second kappa shape index (κ2) is 9.94. The molecule has 2 aromatic carbocycles. The highest BCUT2D eigenvalue weighted by molar-refractivity contribution is 7.92. The lowest BCUT2D eigenvalue weighted by Crippen LogP contribution is -2.51. The van der Waals surface area contributed by atoms with Crippen molar-refractivity contribution in [1.82, 2.24) is 5.32 Å². The van der Waals surface area contributed by atoms with Crippen LogP contribution in [0.1, 0.15) is 13.3 Å². The summed E-state index contributed by atoms with van der Waals surface area (Å²) in [5.41, 5.74) is -0.427. The molecule has 1 amide bonds. The number of amides is 1. The van der Waals surface area contributed by atoms with Crippen molar-refractivity contribution in [1.29, 1.82) is 0 Å². The summed E-state index contributed by atoms with van der Waals surface area (Å²) >= 11 is 0. The first-order chi connectivity index (χ1) is 15.7. The summed E-state index contributed by atoms with van der Waals surface area (Å²) in [5, 5.41) is 14.0. The molecule has 12 heteroatoms. The monoisotopic (exact) mass is 479 g/mol. The number of non-ortho nitro benzene ring substituents is 1. The van der Waals surface area contributed by atoms with Crippen molar-refractivity contribution < 1.29 is 32.3 Å². The van der Waals surface area contributed by atoms with E-state index in [4.69, 9.17) is 14.2 Å². The van der Waals surface area contributed by atoms with E-state index in [9.17, 15) is 23.3 Å². The number of benzene rings is 2. The Balaban J connectivity index is 1.83. The molecule has 1 N–H and O–H groups in total. The van der Waals surface area contributed by atoms with Crippen molar-refractivity contribution >= 4 is 27.3 Å². The second-order valence-electron chi connectivity index (χ2n) is 7.34. The first-order valence-corrected chi connectivity index (χ1v) is 12.0. The molecular weight excluding hydrogens is 454 g/mol. The van der Waals surface area contributed by atoms with Gasteiger partial charge in [0.05, 0.1) is 24.8 Å². The molecule has 2 unspecified atom stereocenters. The number of hydrogen-bond acceptors (Lipinski definition) is 8. The predicted octanol–water partition coefficient (Wildman–Crippen LogP) is 2.10. The predicted molar refractivity (Wildman–Crippen MR) is 120 cm³/mol. The number of fused-ring (bicyclic) bond motifs is 1. The molecule has 1 aliphatic rings. The van der Waals surface area contributed by atoms with E-state index >= 15 is 0 Å². The average Bonchev–Trinajstić information content (AvgIpc) is 2.79. The van der Waals surface area contributed by atoms with E-state index in [1.807, 2.05) is 6.07 Å². The van der Waals surface area contributed by atoms with Crippen LogP contribution in [0.25, 0.3) is 0 Å². The van der Waals surface area contributed by atoms with Crippen molar-refractivity contribution in [2.75, 3.05) is 30.8 Å². The Hall–Kier alpha value is -3.54. The maximum absolute atomic E-state index is 13.1. The van der Waals surface area contributed by atoms with Gasteiger partial charge in [-0.1, -0.05) is 19.1 Å². The number of nitrogens with one attached hydrogen (secondary N) is 1. The van der Waals surface area contributed by atoms with Gasteiger partial charge in [0.25, 0.3) is 5.69 Å². The third kappa shape index (κ3) is 5.45. The Morgan fingerprint density at radius 2 is 2.00 bits per heavy atom. The molecule has 2 atom stereocenters. The minimum atomic E-state index is -4.02. The fraction of sp³-hybridized carbons (Fsp3) is 0.381. The highest BCUT2D eigenvalue weighted by Gasteiger charge is 2.35. The lowest BCUT2D eigenvalue weighted by Gasteiger charge is -2.32. The number of ether oxygens (including phenoxy) is 3. The Kier molecular flexibility index (Phi) is 7.26. The number of rotatable bonds is 9. The summed E-state index contributed by atoms with van der Waals surface area (Å²) in [5.74, 6) is 0.651. The number of hydrogen-bond donors (Lipinski definition) is 1. The molecule has 178 valence electrons. The molecule has 1 heterocycles. The maximum Gasteiger partial charge on any atom is 0.271 e. The van der Waals surface area contributed by atoms with Crippen molar-refractivity contribution in [2.45, 2.75) is 25.5 Å². The van der Waals surface area contributed by atoms with Crippen LogP contribution in [0.5, 0.6) is 17.2 Å². The van der Waals surface area contributed by atoms with Crippen LogP contribution in [0.15, 0.2) is 42.5 Å². The van der Waals surface area contributed by atoms with E-state index in [0.717, 1.165) is 16.6 Å². The smallest absolute Gasteiger partial charge is 0.271 e. The van der Waals surface area contributed by atoms with Gasteiger partial charge < -0.3 is 19.5 Å². The van der Waals surface area contributed by atoms with Gasteiger partial charge in [0, 0.05) is 12.1 Å². The van der Waals surface area contributed by atoms with Gasteiger partial charge >= 0.3 is 0 Å². The van der Waals surface area contributed by atoms with Crippen LogP contribution in [-0.4, -0.2) is 57.9 Å². The van der Waals surface area contributed by atoms with Crippen LogP contribution in [-0.2, 0) is 14.8 Å². The van der Waals surface area contributed by atoms with Crippen molar-refractivity contribution in [3.63, 3.8) is 0 Å². The van der Waals surface area contributed by atoms with E-state index in [-0.39, 0.29) is 36.7 Å². The Morgan fingerprint density at radius 3 is 2.61 bits per heavy atom. The lowest BCUT2D eigenvalue weighted by molar-refractivity contribution is -0.384.